The molecule has 1 unspecified atom stereocenters. The monoisotopic (exact) mass is 320 g/mol. The lowest BCUT2D eigenvalue weighted by Gasteiger charge is -2.13. The van der Waals surface area contributed by atoms with Crippen molar-refractivity contribution in [2.75, 3.05) is 5.32 Å². The average Bonchev–Trinajstić information content (AvgIpc) is 2.37. The third-order valence-corrected chi connectivity index (χ3v) is 3.23. The maximum absolute atomic E-state index is 9.22. The minimum absolute atomic E-state index is 0.392. The molecule has 2 aromatic carbocycles. The highest BCUT2D eigenvalue weighted by Crippen LogP contribution is 2.22. The zero-order chi connectivity index (χ0) is 13.0. The molecule has 0 aliphatic rings. The summed E-state index contributed by atoms with van der Waals surface area (Å²) in [7, 11) is 0. The molecule has 18 heavy (non-hydrogen) atoms. The molecule has 0 radical (unpaired) electrons. The van der Waals surface area contributed by atoms with Gasteiger partial charge in [-0.25, -0.2) is 0 Å². The van der Waals surface area contributed by atoms with Gasteiger partial charge >= 0.3 is 0 Å². The lowest BCUT2D eigenvalue weighted by molar-refractivity contribution is 0.997. The topological polar surface area (TPSA) is 35.8 Å². The van der Waals surface area contributed by atoms with Gasteiger partial charge in [0.2, 0.25) is 0 Å². The van der Waals surface area contributed by atoms with Crippen molar-refractivity contribution in [1.29, 1.82) is 5.26 Å². The summed E-state index contributed by atoms with van der Waals surface area (Å²) >= 11 is 9.28. The summed E-state index contributed by atoms with van der Waals surface area (Å²) < 4.78 is 0.991. The van der Waals surface area contributed by atoms with Gasteiger partial charge in [-0.3, -0.25) is 0 Å². The minimum Gasteiger partial charge on any atom is -0.366 e. The van der Waals surface area contributed by atoms with Crippen LogP contribution in [0.2, 0.25) is 5.02 Å². The van der Waals surface area contributed by atoms with Crippen LogP contribution in [0, 0.1) is 11.3 Å². The molecule has 1 atom stereocenters. The van der Waals surface area contributed by atoms with E-state index in [2.05, 4.69) is 27.3 Å². The number of nitrogens with zero attached hydrogens (tertiary/aromatic N) is 1. The van der Waals surface area contributed by atoms with Crippen molar-refractivity contribution in [2.45, 2.75) is 6.04 Å². The standard InChI is InChI=1S/C14H10BrClN2/c15-11-6-4-10(5-7-11)14(9-17)18-13-3-1-2-12(16)8-13/h1-8,14,18H. The van der Waals surface area contributed by atoms with Gasteiger partial charge in [0, 0.05) is 15.2 Å². The average molecular weight is 322 g/mol. The third-order valence-electron chi connectivity index (χ3n) is 2.47. The normalized spacial score (nSPS) is 11.6. The third kappa shape index (κ3) is 3.25. The number of nitriles is 1. The van der Waals surface area contributed by atoms with Crippen molar-refractivity contribution in [3.05, 3.63) is 63.6 Å². The van der Waals surface area contributed by atoms with Crippen molar-refractivity contribution in [3.63, 3.8) is 0 Å². The van der Waals surface area contributed by atoms with Crippen LogP contribution in [0.15, 0.2) is 53.0 Å². The molecule has 0 heterocycles. The Bertz CT molecular complexity index is 575. The minimum atomic E-state index is -0.392. The molecule has 0 aliphatic heterocycles. The number of anilines is 1. The van der Waals surface area contributed by atoms with E-state index in [0.29, 0.717) is 5.02 Å². The molecular formula is C14H10BrClN2. The first-order valence-electron chi connectivity index (χ1n) is 5.36. The predicted molar refractivity (Wildman–Crippen MR) is 77.6 cm³/mol. The van der Waals surface area contributed by atoms with Crippen LogP contribution in [0.3, 0.4) is 0 Å². The maximum Gasteiger partial charge on any atom is 0.140 e. The van der Waals surface area contributed by atoms with Crippen molar-refractivity contribution in [3.8, 4) is 6.07 Å². The zero-order valence-electron chi connectivity index (χ0n) is 9.40. The van der Waals surface area contributed by atoms with E-state index in [9.17, 15) is 5.26 Å². The molecule has 2 rings (SSSR count). The molecule has 4 heteroatoms. The predicted octanol–water partition coefficient (Wildman–Crippen LogP) is 4.78. The molecule has 0 saturated carbocycles. The second kappa shape index (κ2) is 5.90. The Hall–Kier alpha value is -1.50. The molecule has 90 valence electrons. The van der Waals surface area contributed by atoms with Gasteiger partial charge in [0.25, 0.3) is 0 Å². The molecule has 0 aromatic heterocycles. The number of rotatable bonds is 3. The lowest BCUT2D eigenvalue weighted by atomic mass is 10.1. The smallest absolute Gasteiger partial charge is 0.140 e. The highest BCUT2D eigenvalue weighted by molar-refractivity contribution is 9.10. The van der Waals surface area contributed by atoms with Crippen LogP contribution < -0.4 is 5.32 Å². The van der Waals surface area contributed by atoms with Crippen molar-refractivity contribution in [2.24, 2.45) is 0 Å². The first kappa shape index (κ1) is 12.9. The number of hydrogen-bond acceptors (Lipinski definition) is 2. The first-order valence-corrected chi connectivity index (χ1v) is 6.53. The van der Waals surface area contributed by atoms with E-state index in [4.69, 9.17) is 11.6 Å². The Balaban J connectivity index is 2.20. The van der Waals surface area contributed by atoms with Gasteiger partial charge < -0.3 is 5.32 Å². The van der Waals surface area contributed by atoms with Gasteiger partial charge in [0.1, 0.15) is 6.04 Å². The second-order valence-corrected chi connectivity index (χ2v) is 5.12. The number of hydrogen-bond donors (Lipinski definition) is 1. The summed E-state index contributed by atoms with van der Waals surface area (Å²) in [6.45, 7) is 0. The summed E-state index contributed by atoms with van der Waals surface area (Å²) in [5.74, 6) is 0. The van der Waals surface area contributed by atoms with Crippen LogP contribution in [0.25, 0.3) is 0 Å². The Morgan fingerprint density at radius 1 is 1.17 bits per heavy atom. The van der Waals surface area contributed by atoms with Crippen LogP contribution in [-0.2, 0) is 0 Å². The molecule has 0 fully saturated rings. The Kier molecular flexibility index (Phi) is 4.24. The molecule has 0 amide bonds. The lowest BCUT2D eigenvalue weighted by Crippen LogP contribution is -2.08. The van der Waals surface area contributed by atoms with Crippen molar-refractivity contribution in [1.82, 2.24) is 0 Å². The van der Waals surface area contributed by atoms with E-state index in [-0.39, 0.29) is 0 Å². The fourth-order valence-electron chi connectivity index (χ4n) is 1.59. The Labute approximate surface area is 119 Å². The van der Waals surface area contributed by atoms with E-state index in [1.165, 1.54) is 0 Å². The van der Waals surface area contributed by atoms with Crippen LogP contribution in [0.1, 0.15) is 11.6 Å². The molecule has 0 bridgehead atoms. The summed E-state index contributed by atoms with van der Waals surface area (Å²) in [6, 6.07) is 16.8. The molecule has 1 N–H and O–H groups in total. The van der Waals surface area contributed by atoms with E-state index in [1.807, 2.05) is 36.4 Å². The fraction of sp³-hybridized carbons (Fsp3) is 0.0714. The molecular weight excluding hydrogens is 312 g/mol. The van der Waals surface area contributed by atoms with Gasteiger partial charge in [-0.05, 0) is 35.9 Å². The highest BCUT2D eigenvalue weighted by Gasteiger charge is 2.09. The molecule has 0 saturated heterocycles. The van der Waals surface area contributed by atoms with E-state index in [0.717, 1.165) is 15.7 Å². The van der Waals surface area contributed by atoms with Gasteiger partial charge in [0.05, 0.1) is 6.07 Å². The molecule has 0 aliphatic carbocycles. The second-order valence-electron chi connectivity index (χ2n) is 3.77. The van der Waals surface area contributed by atoms with Crippen LogP contribution in [0.4, 0.5) is 5.69 Å². The number of halogens is 2. The SMILES string of the molecule is N#CC(Nc1cccc(Cl)c1)c1ccc(Br)cc1. The quantitative estimate of drug-likeness (QED) is 0.883. The van der Waals surface area contributed by atoms with Gasteiger partial charge in [-0.15, -0.1) is 0 Å². The fourth-order valence-corrected chi connectivity index (χ4v) is 2.04. The molecule has 2 aromatic rings. The van der Waals surface area contributed by atoms with Gasteiger partial charge in [-0.1, -0.05) is 45.7 Å². The molecule has 2 nitrogen and oxygen atoms in total. The summed E-state index contributed by atoms with van der Waals surface area (Å²) in [6.07, 6.45) is 0. The van der Waals surface area contributed by atoms with E-state index < -0.39 is 6.04 Å². The van der Waals surface area contributed by atoms with Gasteiger partial charge in [0.15, 0.2) is 0 Å². The largest absolute Gasteiger partial charge is 0.366 e. The van der Waals surface area contributed by atoms with E-state index >= 15 is 0 Å². The Morgan fingerprint density at radius 2 is 1.89 bits per heavy atom. The number of nitrogens with one attached hydrogen (secondary N) is 1. The first-order chi connectivity index (χ1) is 8.69. The van der Waals surface area contributed by atoms with Crippen molar-refractivity contribution < 1.29 is 0 Å². The van der Waals surface area contributed by atoms with Crippen molar-refractivity contribution >= 4 is 33.2 Å². The Morgan fingerprint density at radius 3 is 2.50 bits per heavy atom. The summed E-state index contributed by atoms with van der Waals surface area (Å²) in [5.41, 5.74) is 1.75. The zero-order valence-corrected chi connectivity index (χ0v) is 11.7. The summed E-state index contributed by atoms with van der Waals surface area (Å²) in [4.78, 5) is 0. The van der Waals surface area contributed by atoms with Crippen LogP contribution in [0.5, 0.6) is 0 Å². The maximum atomic E-state index is 9.22. The van der Waals surface area contributed by atoms with E-state index in [1.54, 1.807) is 12.1 Å². The van der Waals surface area contributed by atoms with Crippen LogP contribution >= 0.6 is 27.5 Å². The highest BCUT2D eigenvalue weighted by atomic mass is 79.9. The van der Waals surface area contributed by atoms with Gasteiger partial charge in [-0.2, -0.15) is 5.26 Å². The number of benzene rings is 2. The van der Waals surface area contributed by atoms with Crippen LogP contribution in [-0.4, -0.2) is 0 Å². The molecule has 0 spiro atoms. The summed E-state index contributed by atoms with van der Waals surface area (Å²) in [5, 5.41) is 13.0.